The quantitative estimate of drug-likeness (QED) is 0.641. The van der Waals surface area contributed by atoms with Crippen LogP contribution >= 0.6 is 0 Å². The predicted molar refractivity (Wildman–Crippen MR) is 106 cm³/mol. The number of para-hydroxylation sites is 1. The summed E-state index contributed by atoms with van der Waals surface area (Å²) in [6.07, 6.45) is 1.00. The van der Waals surface area contributed by atoms with E-state index in [1.165, 1.54) is 0 Å². The SMILES string of the molecule is CCCOCc1ccccc1CNC(=O)NCCN(C)c1ccccc1. The minimum atomic E-state index is -0.157. The normalized spacial score (nSPS) is 10.4. The van der Waals surface area contributed by atoms with Crippen LogP contribution in [0, 0.1) is 0 Å². The fourth-order valence-electron chi connectivity index (χ4n) is 2.58. The monoisotopic (exact) mass is 355 g/mol. The van der Waals surface area contributed by atoms with Crippen LogP contribution in [0.25, 0.3) is 0 Å². The lowest BCUT2D eigenvalue weighted by atomic mass is 10.1. The summed E-state index contributed by atoms with van der Waals surface area (Å²) in [5.74, 6) is 0. The van der Waals surface area contributed by atoms with Gasteiger partial charge in [0.05, 0.1) is 6.61 Å². The van der Waals surface area contributed by atoms with Crippen LogP contribution in [0.3, 0.4) is 0 Å². The molecule has 2 rings (SSSR count). The summed E-state index contributed by atoms with van der Waals surface area (Å²) in [5, 5.41) is 5.82. The number of likely N-dealkylation sites (N-methyl/N-ethyl adjacent to an activating group) is 1. The molecular weight excluding hydrogens is 326 g/mol. The van der Waals surface area contributed by atoms with Crippen molar-refractivity contribution in [2.45, 2.75) is 26.5 Å². The number of nitrogens with zero attached hydrogens (tertiary/aromatic N) is 1. The van der Waals surface area contributed by atoms with Gasteiger partial charge in [-0.25, -0.2) is 4.79 Å². The van der Waals surface area contributed by atoms with Crippen LogP contribution < -0.4 is 15.5 Å². The van der Waals surface area contributed by atoms with Crippen LogP contribution in [0.2, 0.25) is 0 Å². The van der Waals surface area contributed by atoms with Crippen LogP contribution in [0.5, 0.6) is 0 Å². The summed E-state index contributed by atoms with van der Waals surface area (Å²) in [4.78, 5) is 14.1. The summed E-state index contributed by atoms with van der Waals surface area (Å²) in [5.41, 5.74) is 3.33. The summed E-state index contributed by atoms with van der Waals surface area (Å²) in [6.45, 7) is 5.24. The first kappa shape index (κ1) is 19.8. The van der Waals surface area contributed by atoms with E-state index >= 15 is 0 Å². The molecule has 0 spiro atoms. The molecule has 5 nitrogen and oxygen atoms in total. The van der Waals surface area contributed by atoms with E-state index in [1.54, 1.807) is 0 Å². The van der Waals surface area contributed by atoms with Crippen molar-refractivity contribution in [3.63, 3.8) is 0 Å². The van der Waals surface area contributed by atoms with Crippen molar-refractivity contribution in [1.29, 1.82) is 0 Å². The van der Waals surface area contributed by atoms with E-state index in [9.17, 15) is 4.79 Å². The number of nitrogens with one attached hydrogen (secondary N) is 2. The highest BCUT2D eigenvalue weighted by atomic mass is 16.5. The number of carbonyl (C=O) groups excluding carboxylic acids is 1. The Labute approximate surface area is 156 Å². The third-order valence-corrected chi connectivity index (χ3v) is 4.09. The maximum absolute atomic E-state index is 12.0. The molecule has 140 valence electrons. The van der Waals surface area contributed by atoms with Gasteiger partial charge in [-0.3, -0.25) is 0 Å². The second-order valence-corrected chi connectivity index (χ2v) is 6.19. The molecule has 2 aromatic carbocycles. The van der Waals surface area contributed by atoms with Gasteiger partial charge in [0, 0.05) is 39.0 Å². The largest absolute Gasteiger partial charge is 0.377 e. The molecule has 5 heteroatoms. The van der Waals surface area contributed by atoms with Crippen molar-refractivity contribution in [1.82, 2.24) is 10.6 Å². The Morgan fingerprint density at radius 2 is 1.69 bits per heavy atom. The molecular formula is C21H29N3O2. The number of rotatable bonds is 10. The topological polar surface area (TPSA) is 53.6 Å². The lowest BCUT2D eigenvalue weighted by Crippen LogP contribution is -2.39. The summed E-state index contributed by atoms with van der Waals surface area (Å²) in [7, 11) is 2.02. The van der Waals surface area contributed by atoms with Crippen molar-refractivity contribution in [3.8, 4) is 0 Å². The van der Waals surface area contributed by atoms with Gasteiger partial charge >= 0.3 is 6.03 Å². The summed E-state index contributed by atoms with van der Waals surface area (Å²) in [6, 6.07) is 18.0. The lowest BCUT2D eigenvalue weighted by molar-refractivity contribution is 0.121. The van der Waals surface area contributed by atoms with E-state index < -0.39 is 0 Å². The van der Waals surface area contributed by atoms with Gasteiger partial charge < -0.3 is 20.3 Å². The predicted octanol–water partition coefficient (Wildman–Crippen LogP) is 3.55. The molecule has 0 bridgehead atoms. The molecule has 0 unspecified atom stereocenters. The van der Waals surface area contributed by atoms with Crippen LogP contribution in [-0.4, -0.2) is 32.8 Å². The van der Waals surface area contributed by atoms with E-state index in [2.05, 4.69) is 34.6 Å². The minimum absolute atomic E-state index is 0.157. The molecule has 0 heterocycles. The molecule has 0 fully saturated rings. The zero-order valence-electron chi connectivity index (χ0n) is 15.7. The molecule has 26 heavy (non-hydrogen) atoms. The first-order valence-corrected chi connectivity index (χ1v) is 9.13. The highest BCUT2D eigenvalue weighted by Gasteiger charge is 2.05. The van der Waals surface area contributed by atoms with E-state index in [0.29, 0.717) is 19.7 Å². The van der Waals surface area contributed by atoms with E-state index in [0.717, 1.165) is 36.4 Å². The van der Waals surface area contributed by atoms with Crippen molar-refractivity contribution in [3.05, 3.63) is 65.7 Å². The average Bonchev–Trinajstić information content (AvgIpc) is 2.68. The summed E-state index contributed by atoms with van der Waals surface area (Å²) >= 11 is 0. The van der Waals surface area contributed by atoms with Gasteiger partial charge in [-0.1, -0.05) is 49.4 Å². The number of amides is 2. The highest BCUT2D eigenvalue weighted by Crippen LogP contribution is 2.11. The number of benzene rings is 2. The third-order valence-electron chi connectivity index (χ3n) is 4.09. The van der Waals surface area contributed by atoms with Crippen molar-refractivity contribution < 1.29 is 9.53 Å². The molecule has 0 radical (unpaired) electrons. The van der Waals surface area contributed by atoms with E-state index in [-0.39, 0.29) is 6.03 Å². The molecule has 0 atom stereocenters. The number of carbonyl (C=O) groups is 1. The Hall–Kier alpha value is -2.53. The number of ether oxygens (including phenoxy) is 1. The Kier molecular flexibility index (Phi) is 8.49. The van der Waals surface area contributed by atoms with Gasteiger partial charge in [-0.05, 0) is 29.7 Å². The zero-order chi connectivity index (χ0) is 18.6. The zero-order valence-corrected chi connectivity index (χ0v) is 15.7. The molecule has 0 saturated heterocycles. The first-order valence-electron chi connectivity index (χ1n) is 9.13. The average molecular weight is 355 g/mol. The van der Waals surface area contributed by atoms with Crippen molar-refractivity contribution in [2.24, 2.45) is 0 Å². The summed E-state index contributed by atoms with van der Waals surface area (Å²) < 4.78 is 5.62. The van der Waals surface area contributed by atoms with Gasteiger partial charge in [-0.15, -0.1) is 0 Å². The second-order valence-electron chi connectivity index (χ2n) is 6.19. The highest BCUT2D eigenvalue weighted by molar-refractivity contribution is 5.73. The van der Waals surface area contributed by atoms with Crippen molar-refractivity contribution in [2.75, 3.05) is 31.6 Å². The molecule has 2 aromatic rings. The fraction of sp³-hybridized carbons (Fsp3) is 0.381. The van der Waals surface area contributed by atoms with Gasteiger partial charge in [0.1, 0.15) is 0 Å². The molecule has 0 aliphatic heterocycles. The number of urea groups is 1. The molecule has 0 aromatic heterocycles. The number of hydrogen-bond donors (Lipinski definition) is 2. The molecule has 2 N–H and O–H groups in total. The third kappa shape index (κ3) is 6.76. The van der Waals surface area contributed by atoms with Crippen LogP contribution in [-0.2, 0) is 17.9 Å². The van der Waals surface area contributed by atoms with Crippen molar-refractivity contribution >= 4 is 11.7 Å². The van der Waals surface area contributed by atoms with Crippen LogP contribution in [0.15, 0.2) is 54.6 Å². The van der Waals surface area contributed by atoms with E-state index in [4.69, 9.17) is 4.74 Å². The van der Waals surface area contributed by atoms with E-state index in [1.807, 2.05) is 49.5 Å². The Morgan fingerprint density at radius 3 is 2.42 bits per heavy atom. The van der Waals surface area contributed by atoms with Gasteiger partial charge in [0.15, 0.2) is 0 Å². The molecule has 0 saturated carbocycles. The van der Waals surface area contributed by atoms with Crippen LogP contribution in [0.4, 0.5) is 10.5 Å². The van der Waals surface area contributed by atoms with Gasteiger partial charge in [0.2, 0.25) is 0 Å². The fourth-order valence-corrected chi connectivity index (χ4v) is 2.58. The maximum Gasteiger partial charge on any atom is 0.315 e. The smallest absolute Gasteiger partial charge is 0.315 e. The van der Waals surface area contributed by atoms with Crippen LogP contribution in [0.1, 0.15) is 24.5 Å². The standard InChI is InChI=1S/C21H29N3O2/c1-3-15-26-17-19-10-8-7-9-18(19)16-23-21(25)22-13-14-24(2)20-11-5-4-6-12-20/h4-12H,3,13-17H2,1-2H3,(H2,22,23,25). The second kappa shape index (κ2) is 11.2. The molecule has 0 aliphatic carbocycles. The molecule has 2 amide bonds. The lowest BCUT2D eigenvalue weighted by Gasteiger charge is -2.19. The Morgan fingerprint density at radius 1 is 1.00 bits per heavy atom. The first-order chi connectivity index (χ1) is 12.7. The number of anilines is 1. The number of hydrogen-bond acceptors (Lipinski definition) is 3. The van der Waals surface area contributed by atoms with Gasteiger partial charge in [-0.2, -0.15) is 0 Å². The Bertz CT molecular complexity index is 661. The maximum atomic E-state index is 12.0. The minimum Gasteiger partial charge on any atom is -0.377 e. The van der Waals surface area contributed by atoms with Gasteiger partial charge in [0.25, 0.3) is 0 Å². The molecule has 0 aliphatic rings. The Balaban J connectivity index is 1.72.